The minimum atomic E-state index is 0.427. The van der Waals surface area contributed by atoms with E-state index in [0.717, 1.165) is 37.3 Å². The zero-order valence-corrected chi connectivity index (χ0v) is 13.2. The summed E-state index contributed by atoms with van der Waals surface area (Å²) in [5, 5.41) is 3.57. The molecule has 1 aromatic carbocycles. The predicted molar refractivity (Wildman–Crippen MR) is 85.9 cm³/mol. The highest BCUT2D eigenvalue weighted by Gasteiger charge is 2.13. The highest BCUT2D eigenvalue weighted by molar-refractivity contribution is 5.37. The van der Waals surface area contributed by atoms with Gasteiger partial charge in [-0.15, -0.1) is 0 Å². The van der Waals surface area contributed by atoms with Gasteiger partial charge in [0.15, 0.2) is 0 Å². The number of rotatable bonds is 8. The smallest absolute Gasteiger partial charge is 0.122 e. The average molecular weight is 287 g/mol. The van der Waals surface area contributed by atoms with Crippen LogP contribution in [0.2, 0.25) is 0 Å². The minimum Gasteiger partial charge on any atom is -0.496 e. The van der Waals surface area contributed by atoms with Gasteiger partial charge in [-0.3, -0.25) is 0 Å². The second-order valence-electron chi connectivity index (χ2n) is 5.39. The second-order valence-corrected chi connectivity index (χ2v) is 5.39. The SMILES string of the molecule is CCNC(CCc1ccco1)Cc1cc(C)ccc1OC. The summed E-state index contributed by atoms with van der Waals surface area (Å²) in [6.07, 6.45) is 4.72. The molecule has 0 amide bonds. The molecule has 0 spiro atoms. The molecule has 1 heterocycles. The summed E-state index contributed by atoms with van der Waals surface area (Å²) in [6, 6.07) is 10.8. The van der Waals surface area contributed by atoms with Crippen molar-refractivity contribution in [2.45, 2.75) is 39.2 Å². The van der Waals surface area contributed by atoms with Crippen molar-refractivity contribution >= 4 is 0 Å². The van der Waals surface area contributed by atoms with Crippen LogP contribution in [0.25, 0.3) is 0 Å². The normalized spacial score (nSPS) is 12.3. The van der Waals surface area contributed by atoms with Crippen LogP contribution in [0.3, 0.4) is 0 Å². The zero-order valence-electron chi connectivity index (χ0n) is 13.2. The van der Waals surface area contributed by atoms with Gasteiger partial charge >= 0.3 is 0 Å². The van der Waals surface area contributed by atoms with E-state index in [-0.39, 0.29) is 0 Å². The Hall–Kier alpha value is -1.74. The Morgan fingerprint density at radius 3 is 2.81 bits per heavy atom. The van der Waals surface area contributed by atoms with Gasteiger partial charge in [-0.25, -0.2) is 0 Å². The van der Waals surface area contributed by atoms with E-state index in [0.29, 0.717) is 6.04 Å². The van der Waals surface area contributed by atoms with Gasteiger partial charge in [0, 0.05) is 12.5 Å². The van der Waals surface area contributed by atoms with Crippen LogP contribution in [0.5, 0.6) is 5.75 Å². The summed E-state index contributed by atoms with van der Waals surface area (Å²) in [5.41, 5.74) is 2.54. The first-order chi connectivity index (χ1) is 10.2. The molecular weight excluding hydrogens is 262 g/mol. The Labute approximate surface area is 127 Å². The molecule has 0 fully saturated rings. The van der Waals surface area contributed by atoms with E-state index in [1.807, 2.05) is 12.1 Å². The van der Waals surface area contributed by atoms with Crippen LogP contribution in [0.1, 0.15) is 30.2 Å². The Morgan fingerprint density at radius 1 is 1.29 bits per heavy atom. The number of ether oxygens (including phenoxy) is 1. The fourth-order valence-corrected chi connectivity index (χ4v) is 2.67. The van der Waals surface area contributed by atoms with Gasteiger partial charge < -0.3 is 14.5 Å². The number of nitrogens with one attached hydrogen (secondary N) is 1. The van der Waals surface area contributed by atoms with Crippen LogP contribution >= 0.6 is 0 Å². The van der Waals surface area contributed by atoms with E-state index in [1.165, 1.54) is 11.1 Å². The van der Waals surface area contributed by atoms with Crippen molar-refractivity contribution in [1.82, 2.24) is 5.32 Å². The largest absolute Gasteiger partial charge is 0.496 e. The van der Waals surface area contributed by atoms with Crippen LogP contribution in [-0.4, -0.2) is 19.7 Å². The molecule has 2 rings (SSSR count). The van der Waals surface area contributed by atoms with E-state index in [9.17, 15) is 0 Å². The summed E-state index contributed by atoms with van der Waals surface area (Å²) < 4.78 is 10.9. The Morgan fingerprint density at radius 2 is 2.14 bits per heavy atom. The minimum absolute atomic E-state index is 0.427. The maximum Gasteiger partial charge on any atom is 0.122 e. The molecule has 1 atom stereocenters. The number of aryl methyl sites for hydroxylation is 2. The number of methoxy groups -OCH3 is 1. The lowest BCUT2D eigenvalue weighted by Crippen LogP contribution is -2.31. The zero-order chi connectivity index (χ0) is 15.1. The number of hydrogen-bond donors (Lipinski definition) is 1. The molecule has 1 unspecified atom stereocenters. The van der Waals surface area contributed by atoms with Crippen molar-refractivity contribution in [1.29, 1.82) is 0 Å². The average Bonchev–Trinajstić information content (AvgIpc) is 2.98. The molecule has 3 heteroatoms. The van der Waals surface area contributed by atoms with Gasteiger partial charge in [0.05, 0.1) is 13.4 Å². The van der Waals surface area contributed by atoms with Crippen molar-refractivity contribution in [2.75, 3.05) is 13.7 Å². The first-order valence-corrected chi connectivity index (χ1v) is 7.62. The van der Waals surface area contributed by atoms with Crippen LogP contribution < -0.4 is 10.1 Å². The maximum absolute atomic E-state index is 5.48. The molecular formula is C18H25NO2. The number of benzene rings is 1. The molecule has 2 aromatic rings. The lowest BCUT2D eigenvalue weighted by atomic mass is 9.99. The number of hydrogen-bond acceptors (Lipinski definition) is 3. The quantitative estimate of drug-likeness (QED) is 0.803. The molecule has 1 aromatic heterocycles. The molecule has 0 aliphatic rings. The van der Waals surface area contributed by atoms with E-state index >= 15 is 0 Å². The third-order valence-corrected chi connectivity index (χ3v) is 3.71. The van der Waals surface area contributed by atoms with Gasteiger partial charge in [0.25, 0.3) is 0 Å². The molecule has 114 valence electrons. The third-order valence-electron chi connectivity index (χ3n) is 3.71. The van der Waals surface area contributed by atoms with Crippen LogP contribution in [0, 0.1) is 6.92 Å². The molecule has 0 bridgehead atoms. The Bertz CT molecular complexity index is 534. The van der Waals surface area contributed by atoms with Gasteiger partial charge in [-0.1, -0.05) is 24.6 Å². The molecule has 0 aliphatic heterocycles. The summed E-state index contributed by atoms with van der Waals surface area (Å²) in [5.74, 6) is 2.02. The van der Waals surface area contributed by atoms with Gasteiger partial charge in [-0.05, 0) is 50.1 Å². The molecule has 1 N–H and O–H groups in total. The van der Waals surface area contributed by atoms with Gasteiger partial charge in [-0.2, -0.15) is 0 Å². The summed E-state index contributed by atoms with van der Waals surface area (Å²) in [4.78, 5) is 0. The molecule has 0 radical (unpaired) electrons. The number of furan rings is 1. The van der Waals surface area contributed by atoms with Crippen molar-refractivity contribution < 1.29 is 9.15 Å². The highest BCUT2D eigenvalue weighted by atomic mass is 16.5. The second kappa shape index (κ2) is 7.89. The monoisotopic (exact) mass is 287 g/mol. The lowest BCUT2D eigenvalue weighted by Gasteiger charge is -2.19. The fourth-order valence-electron chi connectivity index (χ4n) is 2.67. The van der Waals surface area contributed by atoms with Gasteiger partial charge in [0.2, 0.25) is 0 Å². The first-order valence-electron chi connectivity index (χ1n) is 7.62. The van der Waals surface area contributed by atoms with E-state index in [1.54, 1.807) is 13.4 Å². The fraction of sp³-hybridized carbons (Fsp3) is 0.444. The summed E-state index contributed by atoms with van der Waals surface area (Å²) in [7, 11) is 1.74. The van der Waals surface area contributed by atoms with E-state index < -0.39 is 0 Å². The Balaban J connectivity index is 2.03. The molecule has 0 saturated carbocycles. The third kappa shape index (κ3) is 4.64. The molecule has 3 nitrogen and oxygen atoms in total. The van der Waals surface area contributed by atoms with Crippen molar-refractivity contribution in [3.63, 3.8) is 0 Å². The lowest BCUT2D eigenvalue weighted by molar-refractivity contribution is 0.400. The highest BCUT2D eigenvalue weighted by Crippen LogP contribution is 2.22. The first kappa shape index (κ1) is 15.6. The van der Waals surface area contributed by atoms with Crippen LogP contribution in [-0.2, 0) is 12.8 Å². The summed E-state index contributed by atoms with van der Waals surface area (Å²) >= 11 is 0. The van der Waals surface area contributed by atoms with E-state index in [4.69, 9.17) is 9.15 Å². The topological polar surface area (TPSA) is 34.4 Å². The standard InChI is InChI=1S/C18H25NO2/c1-4-19-16(8-9-17-6-5-11-21-17)13-15-12-14(2)7-10-18(15)20-3/h5-7,10-12,16,19H,4,8-9,13H2,1-3H3. The number of likely N-dealkylation sites (N-methyl/N-ethyl adjacent to an activating group) is 1. The van der Waals surface area contributed by atoms with Crippen LogP contribution in [0.15, 0.2) is 41.0 Å². The van der Waals surface area contributed by atoms with Crippen molar-refractivity contribution in [3.8, 4) is 5.75 Å². The van der Waals surface area contributed by atoms with Gasteiger partial charge in [0.1, 0.15) is 11.5 Å². The van der Waals surface area contributed by atoms with Crippen LogP contribution in [0.4, 0.5) is 0 Å². The molecule has 0 aliphatic carbocycles. The van der Waals surface area contributed by atoms with E-state index in [2.05, 4.69) is 37.4 Å². The predicted octanol–water partition coefficient (Wildman–Crippen LogP) is 3.75. The van der Waals surface area contributed by atoms with Crippen molar-refractivity contribution in [3.05, 3.63) is 53.5 Å². The van der Waals surface area contributed by atoms with Crippen molar-refractivity contribution in [2.24, 2.45) is 0 Å². The maximum atomic E-state index is 5.48. The molecule has 0 saturated heterocycles. The Kier molecular flexibility index (Phi) is 5.88. The summed E-state index contributed by atoms with van der Waals surface area (Å²) in [6.45, 7) is 5.23. The molecule has 21 heavy (non-hydrogen) atoms.